The van der Waals surface area contributed by atoms with Crippen molar-refractivity contribution in [3.63, 3.8) is 0 Å². The third-order valence-electron chi connectivity index (χ3n) is 3.63. The fourth-order valence-electron chi connectivity index (χ4n) is 2.69. The van der Waals surface area contributed by atoms with Crippen molar-refractivity contribution in [2.24, 2.45) is 0 Å². The van der Waals surface area contributed by atoms with Crippen molar-refractivity contribution >= 4 is 11.3 Å². The Morgan fingerprint density at radius 2 is 2.29 bits per heavy atom. The molecule has 21 heavy (non-hydrogen) atoms. The Morgan fingerprint density at radius 3 is 3.10 bits per heavy atom. The second kappa shape index (κ2) is 5.05. The number of benzene rings is 1. The largest absolute Gasteiger partial charge is 0.312 e. The first kappa shape index (κ1) is 12.7. The highest BCUT2D eigenvalue weighted by molar-refractivity contribution is 7.12. The fraction of sp³-hybridized carbons (Fsp3) is 0.200. The molecule has 0 saturated heterocycles. The maximum atomic E-state index is 13.5. The van der Waals surface area contributed by atoms with Gasteiger partial charge in [-0.3, -0.25) is 0 Å². The molecule has 106 valence electrons. The second-order valence-electron chi connectivity index (χ2n) is 4.94. The number of nitrogens with one attached hydrogen (secondary N) is 1. The van der Waals surface area contributed by atoms with Gasteiger partial charge in [0.15, 0.2) is 0 Å². The van der Waals surface area contributed by atoms with Crippen LogP contribution in [0.25, 0.3) is 16.4 Å². The number of halogens is 1. The normalized spacial score (nSPS) is 14.1. The lowest BCUT2D eigenvalue weighted by atomic mass is 10.0. The predicted molar refractivity (Wildman–Crippen MR) is 80.0 cm³/mol. The molecule has 1 aromatic carbocycles. The van der Waals surface area contributed by atoms with E-state index in [0.29, 0.717) is 0 Å². The number of fused-ring (bicyclic) bond motifs is 1. The van der Waals surface area contributed by atoms with E-state index in [0.717, 1.165) is 41.5 Å². The molecule has 0 radical (unpaired) electrons. The summed E-state index contributed by atoms with van der Waals surface area (Å²) in [5.41, 5.74) is 3.96. The Labute approximate surface area is 125 Å². The van der Waals surface area contributed by atoms with Crippen molar-refractivity contribution in [1.82, 2.24) is 20.1 Å². The van der Waals surface area contributed by atoms with E-state index in [4.69, 9.17) is 5.10 Å². The third-order valence-corrected chi connectivity index (χ3v) is 4.38. The maximum Gasteiger partial charge on any atom is 0.210 e. The van der Waals surface area contributed by atoms with Crippen LogP contribution in [-0.2, 0) is 13.0 Å². The van der Waals surface area contributed by atoms with Gasteiger partial charge in [-0.15, -0.1) is 11.3 Å². The lowest BCUT2D eigenvalue weighted by Gasteiger charge is -2.14. The first-order valence-electron chi connectivity index (χ1n) is 6.80. The van der Waals surface area contributed by atoms with Crippen LogP contribution in [0.1, 0.15) is 11.3 Å². The van der Waals surface area contributed by atoms with Gasteiger partial charge in [-0.05, 0) is 12.1 Å². The van der Waals surface area contributed by atoms with Gasteiger partial charge in [-0.2, -0.15) is 5.10 Å². The van der Waals surface area contributed by atoms with Gasteiger partial charge in [-0.25, -0.2) is 14.1 Å². The molecule has 1 N–H and O–H groups in total. The molecule has 0 bridgehead atoms. The minimum Gasteiger partial charge on any atom is -0.312 e. The minimum atomic E-state index is -0.242. The fourth-order valence-corrected chi connectivity index (χ4v) is 3.31. The monoisotopic (exact) mass is 300 g/mol. The molecule has 4 nitrogen and oxygen atoms in total. The van der Waals surface area contributed by atoms with Gasteiger partial charge in [0.2, 0.25) is 5.13 Å². The Kier molecular flexibility index (Phi) is 3.05. The van der Waals surface area contributed by atoms with E-state index in [1.807, 2.05) is 16.1 Å². The summed E-state index contributed by atoms with van der Waals surface area (Å²) in [4.78, 5) is 4.34. The van der Waals surface area contributed by atoms with Crippen LogP contribution in [0.15, 0.2) is 35.8 Å². The molecule has 0 unspecified atom stereocenters. The number of rotatable bonds is 2. The van der Waals surface area contributed by atoms with Crippen LogP contribution in [0.5, 0.6) is 0 Å². The molecule has 1 aliphatic rings. The average Bonchev–Trinajstić information content (AvgIpc) is 3.14. The molecule has 0 aliphatic carbocycles. The van der Waals surface area contributed by atoms with Gasteiger partial charge in [0.05, 0.1) is 11.4 Å². The van der Waals surface area contributed by atoms with Crippen LogP contribution in [0.2, 0.25) is 0 Å². The van der Waals surface area contributed by atoms with Crippen LogP contribution in [0.4, 0.5) is 4.39 Å². The van der Waals surface area contributed by atoms with Crippen LogP contribution < -0.4 is 5.32 Å². The van der Waals surface area contributed by atoms with E-state index in [2.05, 4.69) is 10.3 Å². The van der Waals surface area contributed by atoms with E-state index in [9.17, 15) is 4.39 Å². The molecule has 4 rings (SSSR count). The highest BCUT2D eigenvalue weighted by Gasteiger charge is 2.23. The molecular formula is C15H13FN4S. The molecule has 3 heterocycles. The summed E-state index contributed by atoms with van der Waals surface area (Å²) in [5, 5.41) is 10.9. The third kappa shape index (κ3) is 2.16. The summed E-state index contributed by atoms with van der Waals surface area (Å²) in [7, 11) is 0. The van der Waals surface area contributed by atoms with Crippen LogP contribution >= 0.6 is 11.3 Å². The molecule has 0 atom stereocenters. The van der Waals surface area contributed by atoms with Crippen molar-refractivity contribution in [2.75, 3.05) is 6.54 Å². The summed E-state index contributed by atoms with van der Waals surface area (Å²) in [5.74, 6) is -0.242. The van der Waals surface area contributed by atoms with Gasteiger partial charge in [0.25, 0.3) is 0 Å². The molecule has 2 aromatic heterocycles. The molecule has 1 aliphatic heterocycles. The van der Waals surface area contributed by atoms with Gasteiger partial charge < -0.3 is 5.32 Å². The van der Waals surface area contributed by atoms with Crippen molar-refractivity contribution in [3.05, 3.63) is 52.9 Å². The number of aromatic nitrogens is 3. The van der Waals surface area contributed by atoms with Gasteiger partial charge in [-0.1, -0.05) is 12.1 Å². The number of nitrogens with zero attached hydrogens (tertiary/aromatic N) is 3. The predicted octanol–water partition coefficient (Wildman–Crippen LogP) is 2.78. The summed E-state index contributed by atoms with van der Waals surface area (Å²) in [6, 6.07) is 6.59. The first-order valence-corrected chi connectivity index (χ1v) is 7.68. The summed E-state index contributed by atoms with van der Waals surface area (Å²) >= 11 is 1.56. The highest BCUT2D eigenvalue weighted by atomic mass is 32.1. The van der Waals surface area contributed by atoms with E-state index < -0.39 is 0 Å². The maximum absolute atomic E-state index is 13.5. The van der Waals surface area contributed by atoms with Gasteiger partial charge in [0, 0.05) is 42.2 Å². The number of hydrogen-bond donors (Lipinski definition) is 1. The molecule has 0 spiro atoms. The Bertz CT molecular complexity index is 779. The zero-order valence-corrected chi connectivity index (χ0v) is 12.0. The SMILES string of the molecule is Fc1cccc(-c2nn(-c3nccs3)c3c2CNCC3)c1. The Hall–Kier alpha value is -2.05. The van der Waals surface area contributed by atoms with E-state index in [-0.39, 0.29) is 5.82 Å². The molecular weight excluding hydrogens is 287 g/mol. The van der Waals surface area contributed by atoms with Crippen molar-refractivity contribution in [2.45, 2.75) is 13.0 Å². The molecule has 0 amide bonds. The van der Waals surface area contributed by atoms with Gasteiger partial charge in [0.1, 0.15) is 5.82 Å². The topological polar surface area (TPSA) is 42.7 Å². The van der Waals surface area contributed by atoms with Crippen LogP contribution in [0.3, 0.4) is 0 Å². The number of hydrogen-bond acceptors (Lipinski definition) is 4. The first-order chi connectivity index (χ1) is 10.3. The Morgan fingerprint density at radius 1 is 1.33 bits per heavy atom. The molecule has 3 aromatic rings. The smallest absolute Gasteiger partial charge is 0.210 e. The van der Waals surface area contributed by atoms with Crippen LogP contribution in [-0.4, -0.2) is 21.3 Å². The number of thiazole rings is 1. The Balaban J connectivity index is 1.92. The molecule has 0 fully saturated rings. The van der Waals surface area contributed by atoms with Crippen molar-refractivity contribution in [1.29, 1.82) is 0 Å². The zero-order valence-electron chi connectivity index (χ0n) is 11.2. The van der Waals surface area contributed by atoms with E-state index in [1.165, 1.54) is 17.8 Å². The quantitative estimate of drug-likeness (QED) is 0.791. The zero-order chi connectivity index (χ0) is 14.2. The van der Waals surface area contributed by atoms with E-state index in [1.54, 1.807) is 23.6 Å². The standard InChI is InChI=1S/C15H13FN4S/c16-11-3-1-2-10(8-11)14-12-9-17-5-4-13(12)20(19-14)15-18-6-7-21-15/h1-3,6-8,17H,4-5,9H2. The molecule has 0 saturated carbocycles. The lowest BCUT2D eigenvalue weighted by molar-refractivity contribution is 0.622. The lowest BCUT2D eigenvalue weighted by Crippen LogP contribution is -2.24. The summed E-state index contributed by atoms with van der Waals surface area (Å²) < 4.78 is 15.4. The van der Waals surface area contributed by atoms with Crippen LogP contribution in [0, 0.1) is 5.82 Å². The minimum absolute atomic E-state index is 0.242. The average molecular weight is 300 g/mol. The van der Waals surface area contributed by atoms with Crippen molar-refractivity contribution in [3.8, 4) is 16.4 Å². The highest BCUT2D eigenvalue weighted by Crippen LogP contribution is 2.30. The molecule has 6 heteroatoms. The summed E-state index contributed by atoms with van der Waals surface area (Å²) in [6.45, 7) is 1.68. The van der Waals surface area contributed by atoms with E-state index >= 15 is 0 Å². The second-order valence-corrected chi connectivity index (χ2v) is 5.81. The summed E-state index contributed by atoms with van der Waals surface area (Å²) in [6.07, 6.45) is 2.67. The van der Waals surface area contributed by atoms with Crippen molar-refractivity contribution < 1.29 is 4.39 Å². The van der Waals surface area contributed by atoms with Gasteiger partial charge >= 0.3 is 0 Å².